The Hall–Kier alpha value is -1.02. The van der Waals surface area contributed by atoms with Crippen LogP contribution in [0.5, 0.6) is 5.75 Å². The molecule has 0 heterocycles. The van der Waals surface area contributed by atoms with Crippen LogP contribution in [0.15, 0.2) is 12.1 Å². The Morgan fingerprint density at radius 2 is 2.10 bits per heavy atom. The van der Waals surface area contributed by atoms with Gasteiger partial charge in [0, 0.05) is 4.11 Å². The van der Waals surface area contributed by atoms with Crippen LogP contribution in [0.2, 0.25) is 0 Å². The molecule has 0 aromatic heterocycles. The van der Waals surface area contributed by atoms with Crippen molar-refractivity contribution in [3.63, 3.8) is 0 Å². The summed E-state index contributed by atoms with van der Waals surface area (Å²) in [4.78, 5) is 0. The Balaban J connectivity index is 1.76. The highest BCUT2D eigenvalue weighted by Gasteiger charge is 2.54. The second kappa shape index (κ2) is 4.49. The smallest absolute Gasteiger partial charge is 0.118 e. The Morgan fingerprint density at radius 1 is 1.24 bits per heavy atom. The van der Waals surface area contributed by atoms with E-state index in [1.54, 1.807) is 6.07 Å². The molecule has 2 heteroatoms. The largest absolute Gasteiger partial charge is 0.508 e. The zero-order chi connectivity index (χ0) is 17.3. The van der Waals surface area contributed by atoms with E-state index in [4.69, 9.17) is 4.11 Å². The topological polar surface area (TPSA) is 40.5 Å². The van der Waals surface area contributed by atoms with E-state index in [9.17, 15) is 10.2 Å². The van der Waals surface area contributed by atoms with Crippen LogP contribution >= 0.6 is 0 Å². The Kier molecular flexibility index (Phi) is 2.28. The molecular formula is C19H26O2. The van der Waals surface area contributed by atoms with Crippen molar-refractivity contribution in [2.75, 3.05) is 0 Å². The second-order valence-corrected chi connectivity index (χ2v) is 7.58. The summed E-state index contributed by atoms with van der Waals surface area (Å²) in [5.74, 6) is 1.34. The van der Waals surface area contributed by atoms with E-state index < -0.39 is 6.85 Å². The van der Waals surface area contributed by atoms with Gasteiger partial charge in [0.2, 0.25) is 0 Å². The first-order valence-corrected chi connectivity index (χ1v) is 8.27. The van der Waals surface area contributed by atoms with Gasteiger partial charge in [-0.2, -0.15) is 0 Å². The van der Waals surface area contributed by atoms with E-state index in [1.165, 1.54) is 0 Å². The van der Waals surface area contributed by atoms with E-state index >= 15 is 0 Å². The summed E-state index contributed by atoms with van der Waals surface area (Å²) in [5.41, 5.74) is 2.19. The number of phenols is 1. The van der Waals surface area contributed by atoms with Gasteiger partial charge in [-0.25, -0.2) is 0 Å². The van der Waals surface area contributed by atoms with Gasteiger partial charge < -0.3 is 10.2 Å². The third-order valence-corrected chi connectivity index (χ3v) is 6.84. The van der Waals surface area contributed by atoms with Gasteiger partial charge >= 0.3 is 0 Å². The van der Waals surface area contributed by atoms with Crippen molar-refractivity contribution in [2.45, 2.75) is 64.3 Å². The van der Waals surface area contributed by atoms with Gasteiger partial charge in [-0.05, 0) is 91.3 Å². The minimum Gasteiger partial charge on any atom is -0.508 e. The van der Waals surface area contributed by atoms with Crippen molar-refractivity contribution in [1.82, 2.24) is 0 Å². The molecule has 2 fully saturated rings. The normalized spacial score (nSPS) is 44.0. The molecule has 21 heavy (non-hydrogen) atoms. The van der Waals surface area contributed by atoms with Gasteiger partial charge in [0.05, 0.1) is 6.10 Å². The van der Waals surface area contributed by atoms with Crippen LogP contribution < -0.4 is 0 Å². The van der Waals surface area contributed by atoms with Gasteiger partial charge in [0.25, 0.3) is 0 Å². The number of hydrogen-bond acceptors (Lipinski definition) is 2. The summed E-state index contributed by atoms with van der Waals surface area (Å²) in [6.45, 7) is -0.0270. The lowest BCUT2D eigenvalue weighted by Crippen LogP contribution is -2.44. The molecule has 114 valence electrons. The maximum atomic E-state index is 10.4. The first kappa shape index (κ1) is 10.7. The maximum Gasteiger partial charge on any atom is 0.118 e. The zero-order valence-corrected chi connectivity index (χ0v) is 12.6. The van der Waals surface area contributed by atoms with E-state index in [-0.39, 0.29) is 22.8 Å². The molecule has 4 rings (SSSR count). The molecule has 0 bridgehead atoms. The monoisotopic (exact) mass is 289 g/mol. The predicted molar refractivity (Wildman–Crippen MR) is 83.5 cm³/mol. The standard InChI is InChI=1S/C19H26O2/c1-11-12-3-4-15-14(13(12)5-7-17(11)20)9-10-19(2)16(15)6-8-18(19)21/h5,7,14-16,18,20-21H,3-4,6,8-10H2,1-2H3/t14-,15-,16+,18-,19+/m1/s1/i1D3. The van der Waals surface area contributed by atoms with E-state index in [0.717, 1.165) is 49.7 Å². The number of aromatic hydroxyl groups is 1. The van der Waals surface area contributed by atoms with Gasteiger partial charge in [0.15, 0.2) is 0 Å². The highest BCUT2D eigenvalue weighted by atomic mass is 16.3. The summed E-state index contributed by atoms with van der Waals surface area (Å²) in [6, 6.07) is 3.52. The molecule has 5 atom stereocenters. The lowest BCUT2D eigenvalue weighted by Gasteiger charge is -2.50. The summed E-state index contributed by atoms with van der Waals surface area (Å²) in [5, 5.41) is 20.6. The number of phenolic OH excluding ortho intramolecular Hbond substituents is 1. The molecule has 0 radical (unpaired) electrons. The van der Waals surface area contributed by atoms with Crippen molar-refractivity contribution in [3.05, 3.63) is 28.8 Å². The van der Waals surface area contributed by atoms with Crippen LogP contribution in [0.4, 0.5) is 0 Å². The Bertz CT molecular complexity index is 669. The molecule has 1 aromatic rings. The van der Waals surface area contributed by atoms with Gasteiger partial charge in [-0.3, -0.25) is 0 Å². The van der Waals surface area contributed by atoms with Crippen LogP contribution in [-0.2, 0) is 6.42 Å². The van der Waals surface area contributed by atoms with Crippen molar-refractivity contribution in [2.24, 2.45) is 17.3 Å². The molecule has 2 N–H and O–H groups in total. The van der Waals surface area contributed by atoms with Gasteiger partial charge in [-0.15, -0.1) is 0 Å². The van der Waals surface area contributed by atoms with Crippen molar-refractivity contribution < 1.29 is 14.3 Å². The first-order chi connectivity index (χ1) is 11.2. The lowest BCUT2D eigenvalue weighted by molar-refractivity contribution is -0.0226. The summed E-state index contributed by atoms with van der Waals surface area (Å²) < 4.78 is 23.4. The highest BCUT2D eigenvalue weighted by molar-refractivity contribution is 5.47. The quantitative estimate of drug-likeness (QED) is 0.760. The number of fused-ring (bicyclic) bond motifs is 5. The highest BCUT2D eigenvalue weighted by Crippen LogP contribution is 2.61. The third kappa shape index (κ3) is 1.75. The van der Waals surface area contributed by atoms with Crippen LogP contribution in [-0.4, -0.2) is 16.3 Å². The average Bonchev–Trinajstić information content (AvgIpc) is 2.81. The minimum atomic E-state index is -2.27. The zero-order valence-electron chi connectivity index (χ0n) is 15.6. The summed E-state index contributed by atoms with van der Waals surface area (Å²) in [6.07, 6.45) is 5.49. The molecule has 0 spiro atoms. The van der Waals surface area contributed by atoms with Crippen molar-refractivity contribution >= 4 is 0 Å². The molecular weight excluding hydrogens is 260 g/mol. The van der Waals surface area contributed by atoms with E-state index in [1.807, 2.05) is 6.07 Å². The third-order valence-electron chi connectivity index (χ3n) is 6.84. The molecule has 3 aliphatic rings. The SMILES string of the molecule is [2H]C([2H])([2H])c1c(O)ccc2c1CC[C@@H]1[C@@H]2CC[C@]2(C)[C@H](O)CC[C@@H]12. The lowest BCUT2D eigenvalue weighted by atomic mass is 9.55. The number of hydrogen-bond donors (Lipinski definition) is 2. The molecule has 1 aromatic carbocycles. The first-order valence-electron chi connectivity index (χ1n) is 9.77. The second-order valence-electron chi connectivity index (χ2n) is 7.58. The van der Waals surface area contributed by atoms with Crippen LogP contribution in [0.3, 0.4) is 0 Å². The fourth-order valence-corrected chi connectivity index (χ4v) is 5.63. The fraction of sp³-hybridized carbons (Fsp3) is 0.684. The molecule has 0 aliphatic heterocycles. The van der Waals surface area contributed by atoms with Gasteiger partial charge in [0.1, 0.15) is 5.75 Å². The summed E-state index contributed by atoms with van der Waals surface area (Å²) in [7, 11) is 0. The number of aliphatic hydroxyl groups is 1. The molecule has 0 amide bonds. The van der Waals surface area contributed by atoms with E-state index in [0.29, 0.717) is 17.8 Å². The molecule has 2 nitrogen and oxygen atoms in total. The molecule has 0 saturated heterocycles. The van der Waals surface area contributed by atoms with E-state index in [2.05, 4.69) is 6.92 Å². The van der Waals surface area contributed by atoms with Gasteiger partial charge in [-0.1, -0.05) is 13.0 Å². The Labute approximate surface area is 131 Å². The molecule has 3 aliphatic carbocycles. The number of aliphatic hydroxyl groups excluding tert-OH is 1. The van der Waals surface area contributed by atoms with Crippen molar-refractivity contribution in [3.8, 4) is 5.75 Å². The fourth-order valence-electron chi connectivity index (χ4n) is 5.63. The number of rotatable bonds is 0. The average molecular weight is 289 g/mol. The number of benzene rings is 1. The predicted octanol–water partition coefficient (Wildman–Crippen LogP) is 3.92. The van der Waals surface area contributed by atoms with Crippen molar-refractivity contribution in [1.29, 1.82) is 0 Å². The Morgan fingerprint density at radius 3 is 2.90 bits per heavy atom. The van der Waals surface area contributed by atoms with Crippen LogP contribution in [0, 0.1) is 24.1 Å². The van der Waals surface area contributed by atoms with Crippen LogP contribution in [0.1, 0.15) is 65.7 Å². The maximum absolute atomic E-state index is 10.4. The minimum absolute atomic E-state index is 0.0302. The molecule has 2 saturated carbocycles. The van der Waals surface area contributed by atoms with Crippen LogP contribution in [0.25, 0.3) is 0 Å². The molecule has 0 unspecified atom stereocenters. The summed E-state index contributed by atoms with van der Waals surface area (Å²) >= 11 is 0.